The number of nitrogens with two attached hydrogens (primary N) is 1. The highest BCUT2D eigenvalue weighted by Gasteiger charge is 2.11. The molecule has 0 fully saturated rings. The smallest absolute Gasteiger partial charge is 0.227 e. The van der Waals surface area contributed by atoms with Crippen LogP contribution in [0.2, 0.25) is 5.02 Å². The molecule has 2 aromatic carbocycles. The number of rotatable bonds is 1. The molecule has 0 amide bonds. The summed E-state index contributed by atoms with van der Waals surface area (Å²) in [6, 6.07) is 9.78. The summed E-state index contributed by atoms with van der Waals surface area (Å²) in [5, 5.41) is 0.0231. The van der Waals surface area contributed by atoms with Gasteiger partial charge in [0, 0.05) is 17.3 Å². The lowest BCUT2D eigenvalue weighted by Gasteiger charge is -1.95. The van der Waals surface area contributed by atoms with E-state index in [9.17, 15) is 4.39 Å². The highest BCUT2D eigenvalue weighted by atomic mass is 35.5. The summed E-state index contributed by atoms with van der Waals surface area (Å²) in [5.74, 6) is -0.140. The number of hydrogen-bond acceptors (Lipinski definition) is 3. The van der Waals surface area contributed by atoms with Crippen molar-refractivity contribution in [3.63, 3.8) is 0 Å². The van der Waals surface area contributed by atoms with Crippen LogP contribution in [0.15, 0.2) is 40.8 Å². The minimum absolute atomic E-state index is 0.0231. The number of halogens is 2. The molecule has 0 saturated carbocycles. The Balaban J connectivity index is 2.19. The quantitative estimate of drug-likeness (QED) is 0.677. The molecule has 1 aromatic heterocycles. The van der Waals surface area contributed by atoms with Crippen molar-refractivity contribution in [1.29, 1.82) is 0 Å². The van der Waals surface area contributed by atoms with Crippen LogP contribution in [-0.2, 0) is 0 Å². The standard InChI is InChI=1S/C13H8ClFN2O/c14-9-5-11-12(6-10(9)15)18-13(17-11)7-2-1-3-8(16)4-7/h1-6H,16H2. The van der Waals surface area contributed by atoms with Gasteiger partial charge in [0.2, 0.25) is 5.89 Å². The Bertz CT molecular complexity index is 700. The van der Waals surface area contributed by atoms with Gasteiger partial charge in [0.1, 0.15) is 11.3 Å². The third kappa shape index (κ3) is 1.80. The second-order valence-electron chi connectivity index (χ2n) is 3.88. The maximum Gasteiger partial charge on any atom is 0.227 e. The van der Waals surface area contributed by atoms with E-state index in [1.165, 1.54) is 12.1 Å². The third-order valence-corrected chi connectivity index (χ3v) is 2.85. The fourth-order valence-electron chi connectivity index (χ4n) is 1.72. The summed E-state index contributed by atoms with van der Waals surface area (Å²) in [6.07, 6.45) is 0. The molecule has 0 atom stereocenters. The second kappa shape index (κ2) is 3.99. The maximum absolute atomic E-state index is 13.3. The van der Waals surface area contributed by atoms with E-state index in [1.807, 2.05) is 6.07 Å². The highest BCUT2D eigenvalue weighted by molar-refractivity contribution is 6.31. The van der Waals surface area contributed by atoms with E-state index in [0.717, 1.165) is 5.56 Å². The zero-order valence-corrected chi connectivity index (χ0v) is 9.91. The first-order valence-electron chi connectivity index (χ1n) is 5.25. The van der Waals surface area contributed by atoms with Crippen molar-refractivity contribution in [2.75, 3.05) is 5.73 Å². The average molecular weight is 263 g/mol. The summed E-state index contributed by atoms with van der Waals surface area (Å²) < 4.78 is 18.8. The molecule has 3 aromatic rings. The highest BCUT2D eigenvalue weighted by Crippen LogP contribution is 2.28. The zero-order chi connectivity index (χ0) is 12.7. The monoisotopic (exact) mass is 262 g/mol. The van der Waals surface area contributed by atoms with E-state index < -0.39 is 5.82 Å². The van der Waals surface area contributed by atoms with Crippen LogP contribution in [0, 0.1) is 5.82 Å². The molecule has 0 aliphatic rings. The Morgan fingerprint density at radius 1 is 1.22 bits per heavy atom. The number of nitrogen functional groups attached to an aromatic ring is 1. The fraction of sp³-hybridized carbons (Fsp3) is 0. The lowest BCUT2D eigenvalue weighted by atomic mass is 10.2. The summed E-state index contributed by atoms with van der Waals surface area (Å²) in [7, 11) is 0. The van der Waals surface area contributed by atoms with Crippen LogP contribution in [0.3, 0.4) is 0 Å². The molecular weight excluding hydrogens is 255 g/mol. The first kappa shape index (κ1) is 11.0. The molecule has 0 aliphatic heterocycles. The molecule has 0 bridgehead atoms. The van der Waals surface area contributed by atoms with Crippen molar-refractivity contribution in [1.82, 2.24) is 4.98 Å². The molecule has 3 nitrogen and oxygen atoms in total. The third-order valence-electron chi connectivity index (χ3n) is 2.56. The topological polar surface area (TPSA) is 52.0 Å². The van der Waals surface area contributed by atoms with Crippen molar-refractivity contribution >= 4 is 28.4 Å². The number of anilines is 1. The number of fused-ring (bicyclic) bond motifs is 1. The first-order valence-corrected chi connectivity index (χ1v) is 5.63. The molecule has 0 aliphatic carbocycles. The molecule has 0 spiro atoms. The average Bonchev–Trinajstić information content (AvgIpc) is 2.73. The molecule has 1 heterocycles. The van der Waals surface area contributed by atoms with Crippen molar-refractivity contribution < 1.29 is 8.81 Å². The van der Waals surface area contributed by atoms with Gasteiger partial charge < -0.3 is 10.2 Å². The second-order valence-corrected chi connectivity index (χ2v) is 4.29. The molecule has 3 rings (SSSR count). The summed E-state index contributed by atoms with van der Waals surface area (Å²) in [4.78, 5) is 4.25. The Labute approximate surface area is 107 Å². The van der Waals surface area contributed by atoms with Gasteiger partial charge in [0.15, 0.2) is 5.58 Å². The summed E-state index contributed by atoms with van der Waals surface area (Å²) >= 11 is 5.69. The van der Waals surface area contributed by atoms with Crippen molar-refractivity contribution in [2.45, 2.75) is 0 Å². The van der Waals surface area contributed by atoms with Gasteiger partial charge in [0.05, 0.1) is 5.02 Å². The molecule has 2 N–H and O–H groups in total. The molecule has 0 saturated heterocycles. The number of aromatic nitrogens is 1. The van der Waals surface area contributed by atoms with E-state index in [-0.39, 0.29) is 5.02 Å². The van der Waals surface area contributed by atoms with Gasteiger partial charge in [-0.15, -0.1) is 0 Å². The van der Waals surface area contributed by atoms with E-state index in [4.69, 9.17) is 21.8 Å². The fourth-order valence-corrected chi connectivity index (χ4v) is 1.88. The molecule has 0 unspecified atom stereocenters. The first-order chi connectivity index (χ1) is 8.63. The van der Waals surface area contributed by atoms with E-state index in [0.29, 0.717) is 22.7 Å². The van der Waals surface area contributed by atoms with Gasteiger partial charge in [-0.1, -0.05) is 17.7 Å². The molecule has 90 valence electrons. The summed E-state index contributed by atoms with van der Waals surface area (Å²) in [6.45, 7) is 0. The van der Waals surface area contributed by atoms with Gasteiger partial charge in [0.25, 0.3) is 0 Å². The van der Waals surface area contributed by atoms with Gasteiger partial charge >= 0.3 is 0 Å². The minimum atomic E-state index is -0.528. The minimum Gasteiger partial charge on any atom is -0.436 e. The van der Waals surface area contributed by atoms with E-state index in [1.54, 1.807) is 18.2 Å². The Hall–Kier alpha value is -2.07. The van der Waals surface area contributed by atoms with Gasteiger partial charge in [-0.3, -0.25) is 0 Å². The normalized spacial score (nSPS) is 11.0. The number of hydrogen-bond donors (Lipinski definition) is 1. The van der Waals surface area contributed by atoms with Crippen molar-refractivity contribution in [3.8, 4) is 11.5 Å². The number of nitrogens with zero attached hydrogens (tertiary/aromatic N) is 1. The molecule has 0 radical (unpaired) electrons. The van der Waals surface area contributed by atoms with Crippen LogP contribution in [0.25, 0.3) is 22.6 Å². The van der Waals surface area contributed by atoms with Gasteiger partial charge in [-0.25, -0.2) is 9.37 Å². The van der Waals surface area contributed by atoms with E-state index in [2.05, 4.69) is 4.98 Å². The lowest BCUT2D eigenvalue weighted by Crippen LogP contribution is -1.84. The number of oxazole rings is 1. The van der Waals surface area contributed by atoms with Crippen LogP contribution in [0.1, 0.15) is 0 Å². The molecular formula is C13H8ClFN2O. The van der Waals surface area contributed by atoms with Gasteiger partial charge in [-0.2, -0.15) is 0 Å². The van der Waals surface area contributed by atoms with Crippen LogP contribution in [-0.4, -0.2) is 4.98 Å². The van der Waals surface area contributed by atoms with Gasteiger partial charge in [-0.05, 0) is 24.3 Å². The Morgan fingerprint density at radius 3 is 2.83 bits per heavy atom. The molecule has 5 heteroatoms. The lowest BCUT2D eigenvalue weighted by molar-refractivity contribution is 0.602. The van der Waals surface area contributed by atoms with Crippen molar-refractivity contribution in [3.05, 3.63) is 47.2 Å². The Morgan fingerprint density at radius 2 is 2.06 bits per heavy atom. The summed E-state index contributed by atoms with van der Waals surface area (Å²) in [5.41, 5.74) is 7.91. The SMILES string of the molecule is Nc1cccc(-c2nc3cc(Cl)c(F)cc3o2)c1. The zero-order valence-electron chi connectivity index (χ0n) is 9.15. The van der Waals surface area contributed by atoms with Crippen LogP contribution < -0.4 is 5.73 Å². The largest absolute Gasteiger partial charge is 0.436 e. The Kier molecular flexibility index (Phi) is 2.45. The van der Waals surface area contributed by atoms with Crippen molar-refractivity contribution in [2.24, 2.45) is 0 Å². The van der Waals surface area contributed by atoms with E-state index >= 15 is 0 Å². The predicted octanol–water partition coefficient (Wildman–Crippen LogP) is 3.87. The number of benzene rings is 2. The van der Waals surface area contributed by atoms with Crippen LogP contribution in [0.4, 0.5) is 10.1 Å². The maximum atomic E-state index is 13.3. The van der Waals surface area contributed by atoms with Crippen LogP contribution >= 0.6 is 11.6 Å². The predicted molar refractivity (Wildman–Crippen MR) is 68.8 cm³/mol. The molecule has 18 heavy (non-hydrogen) atoms. The van der Waals surface area contributed by atoms with Crippen LogP contribution in [0.5, 0.6) is 0 Å².